The van der Waals surface area contributed by atoms with Crippen molar-refractivity contribution in [3.63, 3.8) is 0 Å². The van der Waals surface area contributed by atoms with Gasteiger partial charge in [-0.2, -0.15) is 10.4 Å². The maximum absolute atomic E-state index is 9.55. The summed E-state index contributed by atoms with van der Waals surface area (Å²) in [6.07, 6.45) is 3.68. The van der Waals surface area contributed by atoms with Crippen molar-refractivity contribution >= 4 is 0 Å². The van der Waals surface area contributed by atoms with E-state index in [1.807, 2.05) is 36.1 Å². The Bertz CT molecular complexity index is 660. The van der Waals surface area contributed by atoms with Crippen LogP contribution >= 0.6 is 0 Å². The lowest BCUT2D eigenvalue weighted by Crippen LogP contribution is -2.50. The van der Waals surface area contributed by atoms with Crippen LogP contribution in [0.5, 0.6) is 0 Å². The van der Waals surface area contributed by atoms with Gasteiger partial charge < -0.3 is 5.32 Å². The lowest BCUT2D eigenvalue weighted by Gasteiger charge is -2.43. The van der Waals surface area contributed by atoms with Gasteiger partial charge in [-0.3, -0.25) is 4.68 Å². The molecule has 0 unspecified atom stereocenters. The van der Waals surface area contributed by atoms with Crippen LogP contribution in [0.4, 0.5) is 0 Å². The smallest absolute Gasteiger partial charge is 0.0852 e. The van der Waals surface area contributed by atoms with Crippen LogP contribution in [-0.4, -0.2) is 15.8 Å². The third-order valence-electron chi connectivity index (χ3n) is 4.65. The fourth-order valence-corrected chi connectivity index (χ4v) is 3.05. The zero-order valence-corrected chi connectivity index (χ0v) is 12.5. The Balaban J connectivity index is 1.60. The lowest BCUT2D eigenvalue weighted by atomic mass is 9.62. The first-order valence-corrected chi connectivity index (χ1v) is 7.32. The molecule has 4 nitrogen and oxygen atoms in total. The van der Waals surface area contributed by atoms with Crippen molar-refractivity contribution in [2.24, 2.45) is 7.05 Å². The summed E-state index contributed by atoms with van der Waals surface area (Å²) in [7, 11) is 1.96. The number of nitrogens with one attached hydrogen (secondary N) is 1. The summed E-state index contributed by atoms with van der Waals surface area (Å²) in [4.78, 5) is 0. The number of aromatic nitrogens is 2. The highest BCUT2D eigenvalue weighted by Crippen LogP contribution is 2.43. The van der Waals surface area contributed by atoms with Crippen LogP contribution in [-0.2, 0) is 19.0 Å². The molecule has 0 aliphatic heterocycles. The summed E-state index contributed by atoms with van der Waals surface area (Å²) in [5.41, 5.74) is 3.26. The van der Waals surface area contributed by atoms with Crippen molar-refractivity contribution in [3.05, 3.63) is 53.3 Å². The second-order valence-corrected chi connectivity index (χ2v) is 5.92. The largest absolute Gasteiger partial charge is 0.310 e. The summed E-state index contributed by atoms with van der Waals surface area (Å²) in [6.45, 7) is 2.90. The van der Waals surface area contributed by atoms with Crippen LogP contribution in [0.3, 0.4) is 0 Å². The molecule has 1 fully saturated rings. The molecule has 0 saturated heterocycles. The average Bonchev–Trinajstić information content (AvgIpc) is 2.79. The molecule has 0 radical (unpaired) electrons. The van der Waals surface area contributed by atoms with E-state index in [9.17, 15) is 5.26 Å². The normalized spacial score (nSPS) is 24.3. The Morgan fingerprint density at radius 1 is 1.38 bits per heavy atom. The monoisotopic (exact) mass is 280 g/mol. The first-order valence-electron chi connectivity index (χ1n) is 7.32. The number of hydrogen-bond donors (Lipinski definition) is 1. The molecule has 1 aromatic carbocycles. The minimum atomic E-state index is -0.303. The predicted molar refractivity (Wildman–Crippen MR) is 81.5 cm³/mol. The number of nitriles is 1. The Labute approximate surface area is 125 Å². The van der Waals surface area contributed by atoms with E-state index in [-0.39, 0.29) is 5.41 Å². The second kappa shape index (κ2) is 5.34. The predicted octanol–water partition coefficient (Wildman–Crippen LogP) is 2.44. The molecular formula is C17H20N4. The molecule has 1 aliphatic carbocycles. The molecular weight excluding hydrogens is 260 g/mol. The van der Waals surface area contributed by atoms with Crippen LogP contribution < -0.4 is 5.32 Å². The van der Waals surface area contributed by atoms with Gasteiger partial charge in [0, 0.05) is 30.9 Å². The zero-order valence-electron chi connectivity index (χ0n) is 12.5. The molecule has 1 aliphatic rings. The fraction of sp³-hybridized carbons (Fsp3) is 0.412. The summed E-state index contributed by atoms with van der Waals surface area (Å²) >= 11 is 0. The zero-order chi connectivity index (χ0) is 14.9. The standard InChI is InChI=1S/C17H20N4/c1-13-14(11-20-21(13)2)10-19-16-8-17(9-16,12-18)15-6-4-3-5-7-15/h3-7,11,16,19H,8-10H2,1-2H3. The van der Waals surface area contributed by atoms with E-state index in [4.69, 9.17) is 0 Å². The molecule has 2 aromatic rings. The molecule has 3 rings (SSSR count). The summed E-state index contributed by atoms with van der Waals surface area (Å²) < 4.78 is 1.89. The maximum atomic E-state index is 9.55. The van der Waals surface area contributed by atoms with E-state index in [0.29, 0.717) is 6.04 Å². The van der Waals surface area contributed by atoms with Gasteiger partial charge in [0.1, 0.15) is 0 Å². The van der Waals surface area contributed by atoms with Crippen molar-refractivity contribution in [2.45, 2.75) is 37.8 Å². The van der Waals surface area contributed by atoms with Gasteiger partial charge in [0.15, 0.2) is 0 Å². The molecule has 0 bridgehead atoms. The Morgan fingerprint density at radius 3 is 2.67 bits per heavy atom. The van der Waals surface area contributed by atoms with Crippen molar-refractivity contribution < 1.29 is 0 Å². The number of hydrogen-bond acceptors (Lipinski definition) is 3. The summed E-state index contributed by atoms with van der Waals surface area (Å²) in [5, 5.41) is 17.3. The molecule has 1 aromatic heterocycles. The third kappa shape index (κ3) is 2.45. The van der Waals surface area contributed by atoms with Crippen LogP contribution in [0.25, 0.3) is 0 Å². The Hall–Kier alpha value is -2.12. The van der Waals surface area contributed by atoms with Crippen molar-refractivity contribution in [1.82, 2.24) is 15.1 Å². The second-order valence-electron chi connectivity index (χ2n) is 5.92. The highest BCUT2D eigenvalue weighted by atomic mass is 15.3. The van der Waals surface area contributed by atoms with Crippen LogP contribution in [0, 0.1) is 18.3 Å². The molecule has 1 saturated carbocycles. The van der Waals surface area contributed by atoms with Gasteiger partial charge in [0.25, 0.3) is 0 Å². The molecule has 4 heteroatoms. The maximum Gasteiger partial charge on any atom is 0.0852 e. The van der Waals surface area contributed by atoms with Crippen LogP contribution in [0.2, 0.25) is 0 Å². The van der Waals surface area contributed by atoms with E-state index < -0.39 is 0 Å². The van der Waals surface area contributed by atoms with E-state index >= 15 is 0 Å². The molecule has 0 atom stereocenters. The quantitative estimate of drug-likeness (QED) is 0.936. The molecule has 21 heavy (non-hydrogen) atoms. The lowest BCUT2D eigenvalue weighted by molar-refractivity contribution is 0.225. The van der Waals surface area contributed by atoms with Gasteiger partial charge in [-0.05, 0) is 25.3 Å². The van der Waals surface area contributed by atoms with Crippen LogP contribution in [0.15, 0.2) is 36.5 Å². The first kappa shape index (κ1) is 13.8. The van der Waals surface area contributed by atoms with Gasteiger partial charge in [0.05, 0.1) is 17.7 Å². The topological polar surface area (TPSA) is 53.6 Å². The molecule has 108 valence electrons. The number of aryl methyl sites for hydroxylation is 1. The number of nitrogens with zero attached hydrogens (tertiary/aromatic N) is 3. The van der Waals surface area contributed by atoms with Gasteiger partial charge in [-0.15, -0.1) is 0 Å². The minimum absolute atomic E-state index is 0.303. The third-order valence-corrected chi connectivity index (χ3v) is 4.65. The van der Waals surface area contributed by atoms with E-state index in [2.05, 4.69) is 35.5 Å². The van der Waals surface area contributed by atoms with E-state index in [1.54, 1.807) is 0 Å². The van der Waals surface area contributed by atoms with Crippen molar-refractivity contribution in [2.75, 3.05) is 0 Å². The van der Waals surface area contributed by atoms with E-state index in [1.165, 1.54) is 11.3 Å². The van der Waals surface area contributed by atoms with Gasteiger partial charge in [-0.25, -0.2) is 0 Å². The SMILES string of the molecule is Cc1c(CNC2CC(C#N)(c3ccccc3)C2)cnn1C. The number of rotatable bonds is 4. The molecule has 1 N–H and O–H groups in total. The Kier molecular flexibility index (Phi) is 3.52. The first-order chi connectivity index (χ1) is 10.1. The summed E-state index contributed by atoms with van der Waals surface area (Å²) in [5.74, 6) is 0. The highest BCUT2D eigenvalue weighted by molar-refractivity contribution is 5.37. The molecule has 1 heterocycles. The molecule has 0 amide bonds. The summed E-state index contributed by atoms with van der Waals surface area (Å²) in [6, 6.07) is 13.1. The van der Waals surface area contributed by atoms with Gasteiger partial charge >= 0.3 is 0 Å². The van der Waals surface area contributed by atoms with E-state index in [0.717, 1.165) is 24.9 Å². The fourth-order valence-electron chi connectivity index (χ4n) is 3.05. The highest BCUT2D eigenvalue weighted by Gasteiger charge is 2.45. The van der Waals surface area contributed by atoms with Crippen molar-refractivity contribution in [3.8, 4) is 6.07 Å². The minimum Gasteiger partial charge on any atom is -0.310 e. The van der Waals surface area contributed by atoms with Crippen LogP contribution in [0.1, 0.15) is 29.7 Å². The number of benzene rings is 1. The van der Waals surface area contributed by atoms with Gasteiger partial charge in [-0.1, -0.05) is 30.3 Å². The molecule has 0 spiro atoms. The average molecular weight is 280 g/mol. The van der Waals surface area contributed by atoms with Crippen molar-refractivity contribution in [1.29, 1.82) is 5.26 Å². The van der Waals surface area contributed by atoms with Gasteiger partial charge in [0.2, 0.25) is 0 Å². The Morgan fingerprint density at radius 2 is 2.10 bits per heavy atom.